The van der Waals surface area contributed by atoms with Crippen molar-refractivity contribution in [2.24, 2.45) is 23.7 Å². The Hall–Kier alpha value is -1.94. The number of rotatable bonds is 69. The van der Waals surface area contributed by atoms with E-state index in [4.69, 9.17) is 37.0 Å². The maximum Gasteiger partial charge on any atom is 0.472 e. The van der Waals surface area contributed by atoms with Crippen molar-refractivity contribution in [2.45, 2.75) is 375 Å². The minimum absolute atomic E-state index is 0.102. The number of aliphatic hydroxyl groups is 1. The Morgan fingerprint density at radius 2 is 0.527 bits per heavy atom. The molecule has 0 radical (unpaired) electrons. The first kappa shape index (κ1) is 89.1. The van der Waals surface area contributed by atoms with Crippen molar-refractivity contribution in [3.8, 4) is 0 Å². The van der Waals surface area contributed by atoms with Crippen LogP contribution in [0.4, 0.5) is 0 Å². The molecule has 3 N–H and O–H groups in total. The Labute approximate surface area is 556 Å². The van der Waals surface area contributed by atoms with Gasteiger partial charge in [-0.2, -0.15) is 0 Å². The Bertz CT molecular complexity index is 1800. The highest BCUT2D eigenvalue weighted by atomic mass is 31.2. The van der Waals surface area contributed by atoms with Crippen molar-refractivity contribution in [2.75, 3.05) is 39.6 Å². The molecule has 5 unspecified atom stereocenters. The third kappa shape index (κ3) is 63.9. The zero-order valence-electron chi connectivity index (χ0n) is 59.5. The summed E-state index contributed by atoms with van der Waals surface area (Å²) in [7, 11) is -9.91. The van der Waals surface area contributed by atoms with Gasteiger partial charge in [0.25, 0.3) is 0 Å². The van der Waals surface area contributed by atoms with Gasteiger partial charge in [-0.1, -0.05) is 306 Å². The highest BCUT2D eigenvalue weighted by molar-refractivity contribution is 7.47. The van der Waals surface area contributed by atoms with E-state index in [0.717, 1.165) is 114 Å². The summed E-state index contributed by atoms with van der Waals surface area (Å²) in [6, 6.07) is 0. The molecule has 0 aliphatic rings. The highest BCUT2D eigenvalue weighted by Crippen LogP contribution is 2.45. The van der Waals surface area contributed by atoms with E-state index in [1.54, 1.807) is 0 Å². The lowest BCUT2D eigenvalue weighted by molar-refractivity contribution is -0.161. The predicted molar refractivity (Wildman–Crippen MR) is 367 cm³/mol. The highest BCUT2D eigenvalue weighted by Gasteiger charge is 2.30. The van der Waals surface area contributed by atoms with E-state index in [0.29, 0.717) is 31.6 Å². The van der Waals surface area contributed by atoms with Crippen LogP contribution in [0.1, 0.15) is 357 Å². The van der Waals surface area contributed by atoms with Gasteiger partial charge in [0.2, 0.25) is 0 Å². The van der Waals surface area contributed by atoms with Gasteiger partial charge < -0.3 is 33.8 Å². The van der Waals surface area contributed by atoms with Crippen molar-refractivity contribution in [3.63, 3.8) is 0 Å². The van der Waals surface area contributed by atoms with Gasteiger partial charge in [0.15, 0.2) is 12.2 Å². The van der Waals surface area contributed by atoms with Gasteiger partial charge in [-0.25, -0.2) is 9.13 Å². The summed E-state index contributed by atoms with van der Waals surface area (Å²) in [6.45, 7) is 14.1. The minimum atomic E-state index is -4.95. The summed E-state index contributed by atoms with van der Waals surface area (Å²) in [5, 5.41) is 10.6. The molecule has 0 saturated carbocycles. The third-order valence-corrected chi connectivity index (χ3v) is 19.2. The molecule has 0 fully saturated rings. The van der Waals surface area contributed by atoms with Crippen molar-refractivity contribution in [3.05, 3.63) is 0 Å². The van der Waals surface area contributed by atoms with Crippen LogP contribution >= 0.6 is 15.6 Å². The molecule has 0 aromatic carbocycles. The van der Waals surface area contributed by atoms with Gasteiger partial charge in [0.1, 0.15) is 19.3 Å². The molecule has 0 aromatic rings. The molecule has 0 aliphatic carbocycles. The van der Waals surface area contributed by atoms with E-state index < -0.39 is 97.5 Å². The van der Waals surface area contributed by atoms with E-state index in [1.807, 2.05) is 0 Å². The largest absolute Gasteiger partial charge is 0.472 e. The number of hydrogen-bond acceptors (Lipinski definition) is 15. The first-order valence-electron chi connectivity index (χ1n) is 37.3. The van der Waals surface area contributed by atoms with Crippen LogP contribution < -0.4 is 0 Å². The SMILES string of the molecule is CCC(C)CCCCCCCCCCCCC(=O)O[C@H](COC(=O)CCCCCCCCCCCCCCCCC(C)C)COP(=O)(O)OCC(O)COP(=O)(O)OC[C@@H](COC(=O)CCCCCCCCCC(C)C)OC(=O)CCCCCCCCC(C)CC. The van der Waals surface area contributed by atoms with Gasteiger partial charge in [-0.3, -0.25) is 37.3 Å². The van der Waals surface area contributed by atoms with Crippen LogP contribution in [0.15, 0.2) is 0 Å². The van der Waals surface area contributed by atoms with Gasteiger partial charge in [0.05, 0.1) is 26.4 Å². The molecule has 0 amide bonds. The van der Waals surface area contributed by atoms with Crippen LogP contribution in [-0.4, -0.2) is 96.7 Å². The number of unbranched alkanes of at least 4 members (excludes halogenated alkanes) is 33. The molecule has 0 aromatic heterocycles. The Morgan fingerprint density at radius 3 is 0.780 bits per heavy atom. The fraction of sp³-hybridized carbons (Fsp3) is 0.944. The van der Waals surface area contributed by atoms with E-state index in [1.165, 1.54) is 154 Å². The fourth-order valence-corrected chi connectivity index (χ4v) is 12.4. The quantitative estimate of drug-likeness (QED) is 0.0222. The Kier molecular flexibility index (Phi) is 60.3. The summed E-state index contributed by atoms with van der Waals surface area (Å²) in [4.78, 5) is 72.6. The second-order valence-corrected chi connectivity index (χ2v) is 30.3. The number of hydrogen-bond donors (Lipinski definition) is 3. The molecule has 540 valence electrons. The minimum Gasteiger partial charge on any atom is -0.462 e. The van der Waals surface area contributed by atoms with E-state index >= 15 is 0 Å². The fourth-order valence-electron chi connectivity index (χ4n) is 10.8. The smallest absolute Gasteiger partial charge is 0.462 e. The lowest BCUT2D eigenvalue weighted by Crippen LogP contribution is -2.30. The molecule has 19 heteroatoms. The molecule has 0 bridgehead atoms. The summed E-state index contributed by atoms with van der Waals surface area (Å²) in [5.41, 5.74) is 0. The predicted octanol–water partition coefficient (Wildman–Crippen LogP) is 20.5. The molecule has 17 nitrogen and oxygen atoms in total. The van der Waals surface area contributed by atoms with Gasteiger partial charge in [0, 0.05) is 25.7 Å². The van der Waals surface area contributed by atoms with Crippen LogP contribution in [0, 0.1) is 23.7 Å². The first-order valence-corrected chi connectivity index (χ1v) is 40.3. The number of aliphatic hydroxyl groups excluding tert-OH is 1. The molecule has 91 heavy (non-hydrogen) atoms. The maximum atomic E-state index is 13.0. The molecule has 0 rings (SSSR count). The van der Waals surface area contributed by atoms with Crippen LogP contribution in [-0.2, 0) is 65.4 Å². The van der Waals surface area contributed by atoms with Crippen LogP contribution in [0.5, 0.6) is 0 Å². The van der Waals surface area contributed by atoms with Crippen LogP contribution in [0.3, 0.4) is 0 Å². The average Bonchev–Trinajstić information content (AvgIpc) is 3.62. The average molecular weight is 1340 g/mol. The Morgan fingerprint density at radius 1 is 0.308 bits per heavy atom. The summed E-state index contributed by atoms with van der Waals surface area (Å²) >= 11 is 0. The molecular formula is C72H140O17P2. The number of carbonyl (C=O) groups is 4. The lowest BCUT2D eigenvalue weighted by atomic mass is 9.99. The number of esters is 4. The summed E-state index contributed by atoms with van der Waals surface area (Å²) < 4.78 is 68.3. The zero-order valence-corrected chi connectivity index (χ0v) is 61.3. The topological polar surface area (TPSA) is 237 Å². The van der Waals surface area contributed by atoms with Crippen molar-refractivity contribution in [1.82, 2.24) is 0 Å². The Balaban J connectivity index is 5.24. The standard InChI is InChI=1S/C72H140O17P2/c1-9-64(7)50-42-34-26-20-17-18-22-28-38-46-54-71(76)88-67(58-82-69(74)52-44-36-27-21-16-14-12-11-13-15-19-24-32-40-48-62(3)4)60-86-90(78,79)84-56-66(73)57-85-91(80,81)87-61-68(89-72(77)55-47-39-31-30-35-43-51-65(8)10-2)59-83-70(75)53-45-37-29-23-25-33-41-49-63(5)6/h62-68,73H,9-61H2,1-8H3,(H,78,79)(H,80,81)/t64?,65?,66?,67-,68-/m1/s1. The van der Waals surface area contributed by atoms with Gasteiger partial charge in [-0.15, -0.1) is 0 Å². The van der Waals surface area contributed by atoms with E-state index in [2.05, 4.69) is 55.4 Å². The number of phosphoric acid groups is 2. The van der Waals surface area contributed by atoms with Crippen molar-refractivity contribution in [1.29, 1.82) is 0 Å². The van der Waals surface area contributed by atoms with Crippen molar-refractivity contribution < 1.29 is 80.2 Å². The molecule has 0 spiro atoms. The third-order valence-electron chi connectivity index (χ3n) is 17.3. The second kappa shape index (κ2) is 61.6. The van der Waals surface area contributed by atoms with Gasteiger partial charge >= 0.3 is 39.5 Å². The first-order chi connectivity index (χ1) is 43.7. The van der Waals surface area contributed by atoms with Crippen molar-refractivity contribution >= 4 is 39.5 Å². The summed E-state index contributed by atoms with van der Waals surface area (Å²) in [6.07, 6.45) is 44.5. The molecular weight excluding hydrogens is 1200 g/mol. The number of ether oxygens (including phenoxy) is 4. The molecule has 0 heterocycles. The summed E-state index contributed by atoms with van der Waals surface area (Å²) in [5.74, 6) is 0.897. The normalized spacial score (nSPS) is 14.8. The molecule has 7 atom stereocenters. The van der Waals surface area contributed by atoms with E-state index in [-0.39, 0.29) is 25.7 Å². The van der Waals surface area contributed by atoms with Crippen LogP contribution in [0.25, 0.3) is 0 Å². The van der Waals surface area contributed by atoms with Gasteiger partial charge in [-0.05, 0) is 49.4 Å². The van der Waals surface area contributed by atoms with E-state index in [9.17, 15) is 43.2 Å². The monoisotopic (exact) mass is 1340 g/mol. The van der Waals surface area contributed by atoms with Crippen LogP contribution in [0.2, 0.25) is 0 Å². The zero-order chi connectivity index (χ0) is 67.5. The maximum absolute atomic E-state index is 13.0. The number of carbonyl (C=O) groups excluding carboxylic acids is 4. The number of phosphoric ester groups is 2. The second-order valence-electron chi connectivity index (χ2n) is 27.4. The lowest BCUT2D eigenvalue weighted by Gasteiger charge is -2.21. The molecule has 0 saturated heterocycles. The molecule has 0 aliphatic heterocycles.